The zero-order chi connectivity index (χ0) is 21.1. The number of nitrogens with zero attached hydrogens (tertiary/aromatic N) is 2. The van der Waals surface area contributed by atoms with Crippen molar-refractivity contribution in [2.24, 2.45) is 0 Å². The van der Waals surface area contributed by atoms with E-state index >= 15 is 0 Å². The number of benzene rings is 2. The first-order valence-corrected chi connectivity index (χ1v) is 9.39. The Labute approximate surface area is 171 Å². The SMILES string of the molecule is CCN(CCN(C=O)c1ccccc1/C=C/C(=O)NO)Cc1ccc(OC)cc1. The summed E-state index contributed by atoms with van der Waals surface area (Å²) in [6.07, 6.45) is 3.57. The standard InChI is InChI=1S/C22H27N3O4/c1-3-24(16-18-8-11-20(29-2)12-9-18)14-15-25(17-26)21-7-5-4-6-19(21)10-13-22(27)23-28/h4-13,17,28H,3,14-16H2,1-2H3,(H,23,27)/b13-10+. The minimum absolute atomic E-state index is 0.505. The van der Waals surface area contributed by atoms with Crippen LogP contribution in [0.5, 0.6) is 5.75 Å². The molecule has 0 bridgehead atoms. The summed E-state index contributed by atoms with van der Waals surface area (Å²) in [5.74, 6) is 0.192. The first-order chi connectivity index (χ1) is 14.1. The maximum absolute atomic E-state index is 11.7. The van der Waals surface area contributed by atoms with E-state index in [4.69, 9.17) is 9.94 Å². The second kappa shape index (κ2) is 11.6. The molecule has 0 aliphatic rings. The van der Waals surface area contributed by atoms with Crippen molar-refractivity contribution in [1.82, 2.24) is 10.4 Å². The van der Waals surface area contributed by atoms with E-state index in [1.165, 1.54) is 11.6 Å². The van der Waals surface area contributed by atoms with Crippen LogP contribution in [0.2, 0.25) is 0 Å². The third kappa shape index (κ3) is 6.74. The Balaban J connectivity index is 2.05. The Morgan fingerprint density at radius 2 is 1.86 bits per heavy atom. The predicted molar refractivity (Wildman–Crippen MR) is 113 cm³/mol. The van der Waals surface area contributed by atoms with Crippen LogP contribution in [-0.4, -0.2) is 49.2 Å². The summed E-state index contributed by atoms with van der Waals surface area (Å²) in [7, 11) is 1.64. The minimum Gasteiger partial charge on any atom is -0.497 e. The van der Waals surface area contributed by atoms with Gasteiger partial charge in [0.25, 0.3) is 5.91 Å². The van der Waals surface area contributed by atoms with E-state index in [0.29, 0.717) is 24.3 Å². The Bertz CT molecular complexity index is 821. The molecule has 2 amide bonds. The Morgan fingerprint density at radius 3 is 2.48 bits per heavy atom. The van der Waals surface area contributed by atoms with Crippen molar-refractivity contribution in [2.75, 3.05) is 31.6 Å². The van der Waals surface area contributed by atoms with Gasteiger partial charge in [-0.3, -0.25) is 19.7 Å². The van der Waals surface area contributed by atoms with Crippen LogP contribution >= 0.6 is 0 Å². The molecule has 2 aromatic carbocycles. The molecule has 29 heavy (non-hydrogen) atoms. The quantitative estimate of drug-likeness (QED) is 0.264. The van der Waals surface area contributed by atoms with Crippen molar-refractivity contribution in [3.05, 3.63) is 65.7 Å². The smallest absolute Gasteiger partial charge is 0.267 e. The largest absolute Gasteiger partial charge is 0.497 e. The highest BCUT2D eigenvalue weighted by Gasteiger charge is 2.12. The summed E-state index contributed by atoms with van der Waals surface area (Å²) in [5, 5.41) is 8.63. The molecule has 2 rings (SSSR count). The first-order valence-electron chi connectivity index (χ1n) is 9.39. The van der Waals surface area contributed by atoms with Gasteiger partial charge in [-0.1, -0.05) is 37.3 Å². The fourth-order valence-electron chi connectivity index (χ4n) is 2.91. The highest BCUT2D eigenvalue weighted by Crippen LogP contribution is 2.21. The molecule has 2 aromatic rings. The van der Waals surface area contributed by atoms with Crippen LogP contribution in [0.3, 0.4) is 0 Å². The van der Waals surface area contributed by atoms with E-state index in [2.05, 4.69) is 11.8 Å². The lowest BCUT2D eigenvalue weighted by molar-refractivity contribution is -0.124. The van der Waals surface area contributed by atoms with E-state index in [1.807, 2.05) is 48.5 Å². The second-order valence-electron chi connectivity index (χ2n) is 6.38. The first kappa shape index (κ1) is 22.1. The normalized spacial score (nSPS) is 10.9. The average molecular weight is 397 g/mol. The van der Waals surface area contributed by atoms with Crippen molar-refractivity contribution < 1.29 is 19.5 Å². The molecule has 0 atom stereocenters. The van der Waals surface area contributed by atoms with E-state index in [-0.39, 0.29) is 0 Å². The van der Waals surface area contributed by atoms with Crippen molar-refractivity contribution >= 4 is 24.1 Å². The molecule has 0 aromatic heterocycles. The Kier molecular flexibility index (Phi) is 8.88. The summed E-state index contributed by atoms with van der Waals surface area (Å²) in [6.45, 7) is 4.89. The van der Waals surface area contributed by atoms with Crippen LogP contribution in [0.25, 0.3) is 6.08 Å². The summed E-state index contributed by atoms with van der Waals surface area (Å²) >= 11 is 0. The minimum atomic E-state index is -0.630. The third-order valence-electron chi connectivity index (χ3n) is 4.57. The van der Waals surface area contributed by atoms with Crippen molar-refractivity contribution in [2.45, 2.75) is 13.5 Å². The molecule has 7 nitrogen and oxygen atoms in total. The van der Waals surface area contributed by atoms with Gasteiger partial charge >= 0.3 is 0 Å². The number of ether oxygens (including phenoxy) is 1. The van der Waals surface area contributed by atoms with Gasteiger partial charge in [0.05, 0.1) is 12.8 Å². The topological polar surface area (TPSA) is 82.1 Å². The maximum atomic E-state index is 11.7. The average Bonchev–Trinajstić information content (AvgIpc) is 2.78. The van der Waals surface area contributed by atoms with Crippen molar-refractivity contribution in [3.8, 4) is 5.75 Å². The molecule has 0 spiro atoms. The van der Waals surface area contributed by atoms with Gasteiger partial charge in [-0.05, 0) is 41.9 Å². The van der Waals surface area contributed by atoms with Crippen molar-refractivity contribution in [3.63, 3.8) is 0 Å². The monoisotopic (exact) mass is 397 g/mol. The number of nitrogens with one attached hydrogen (secondary N) is 1. The summed E-state index contributed by atoms with van der Waals surface area (Å²) < 4.78 is 5.19. The van der Waals surface area contributed by atoms with Gasteiger partial charge in [0.15, 0.2) is 0 Å². The predicted octanol–water partition coefficient (Wildman–Crippen LogP) is 2.70. The van der Waals surface area contributed by atoms with Crippen molar-refractivity contribution in [1.29, 1.82) is 0 Å². The van der Waals surface area contributed by atoms with Gasteiger partial charge in [0.2, 0.25) is 6.41 Å². The van der Waals surface area contributed by atoms with Crippen LogP contribution in [0.1, 0.15) is 18.1 Å². The summed E-state index contributed by atoms with van der Waals surface area (Å²) in [5.41, 5.74) is 4.13. The number of hydroxylamine groups is 1. The molecule has 0 aliphatic heterocycles. The molecular weight excluding hydrogens is 370 g/mol. The maximum Gasteiger partial charge on any atom is 0.267 e. The highest BCUT2D eigenvalue weighted by atomic mass is 16.5. The number of carbonyl (C=O) groups excluding carboxylic acids is 2. The molecule has 0 unspecified atom stereocenters. The lowest BCUT2D eigenvalue weighted by Crippen LogP contribution is -2.34. The number of carbonyl (C=O) groups is 2. The van der Waals surface area contributed by atoms with Gasteiger partial charge in [0, 0.05) is 25.7 Å². The van der Waals surface area contributed by atoms with Crippen LogP contribution in [0.15, 0.2) is 54.6 Å². The molecule has 0 aliphatic carbocycles. The van der Waals surface area contributed by atoms with Gasteiger partial charge in [0.1, 0.15) is 5.75 Å². The molecule has 0 saturated heterocycles. The number of rotatable bonds is 11. The number of hydrogen-bond acceptors (Lipinski definition) is 5. The van der Waals surface area contributed by atoms with Gasteiger partial charge in [-0.15, -0.1) is 0 Å². The third-order valence-corrected chi connectivity index (χ3v) is 4.57. The molecule has 7 heteroatoms. The molecule has 0 fully saturated rings. The molecule has 0 saturated carbocycles. The Hall–Kier alpha value is -3.16. The molecule has 154 valence electrons. The number of methoxy groups -OCH3 is 1. The van der Waals surface area contributed by atoms with Gasteiger partial charge < -0.3 is 9.64 Å². The van der Waals surface area contributed by atoms with E-state index < -0.39 is 5.91 Å². The number of likely N-dealkylation sites (N-methyl/N-ethyl adjacent to an activating group) is 1. The lowest BCUT2D eigenvalue weighted by atomic mass is 10.1. The number of anilines is 1. The Morgan fingerprint density at radius 1 is 1.14 bits per heavy atom. The van der Waals surface area contributed by atoms with Crippen LogP contribution in [-0.2, 0) is 16.1 Å². The lowest BCUT2D eigenvalue weighted by Gasteiger charge is -2.25. The zero-order valence-corrected chi connectivity index (χ0v) is 16.7. The molecule has 2 N–H and O–H groups in total. The van der Waals surface area contributed by atoms with Gasteiger partial charge in [-0.2, -0.15) is 0 Å². The molecule has 0 heterocycles. The highest BCUT2D eigenvalue weighted by molar-refractivity contribution is 5.92. The fraction of sp³-hybridized carbons (Fsp3) is 0.273. The number of para-hydroxylation sites is 1. The second-order valence-corrected chi connectivity index (χ2v) is 6.38. The summed E-state index contributed by atoms with van der Waals surface area (Å²) in [4.78, 5) is 26.9. The van der Waals surface area contributed by atoms with Crippen LogP contribution in [0, 0.1) is 0 Å². The molecule has 0 radical (unpaired) electrons. The van der Waals surface area contributed by atoms with E-state index in [0.717, 1.165) is 25.2 Å². The van der Waals surface area contributed by atoms with E-state index in [9.17, 15) is 9.59 Å². The van der Waals surface area contributed by atoms with Crippen LogP contribution in [0.4, 0.5) is 5.69 Å². The molecular formula is C22H27N3O4. The summed E-state index contributed by atoms with van der Waals surface area (Å²) in [6, 6.07) is 15.2. The number of amides is 2. The van der Waals surface area contributed by atoms with Crippen LogP contribution < -0.4 is 15.1 Å². The zero-order valence-electron chi connectivity index (χ0n) is 16.7. The van der Waals surface area contributed by atoms with Gasteiger partial charge in [-0.25, -0.2) is 5.48 Å². The van der Waals surface area contributed by atoms with E-state index in [1.54, 1.807) is 23.6 Å². The number of hydrogen-bond donors (Lipinski definition) is 2. The fourth-order valence-corrected chi connectivity index (χ4v) is 2.91.